The highest BCUT2D eigenvalue weighted by Crippen LogP contribution is 2.29. The molecule has 0 bridgehead atoms. The van der Waals surface area contributed by atoms with Crippen LogP contribution in [0.15, 0.2) is 22.8 Å². The van der Waals surface area contributed by atoms with Crippen molar-refractivity contribution in [1.82, 2.24) is 9.97 Å². The van der Waals surface area contributed by atoms with Crippen LogP contribution in [-0.4, -0.2) is 28.0 Å². The lowest BCUT2D eigenvalue weighted by molar-refractivity contribution is -0.383. The van der Waals surface area contributed by atoms with Crippen LogP contribution >= 0.6 is 0 Å². The molecule has 0 fully saturated rings. The molecule has 2 heterocycles. The van der Waals surface area contributed by atoms with Crippen LogP contribution in [0.4, 0.5) is 23.3 Å². The minimum atomic E-state index is -0.622. The van der Waals surface area contributed by atoms with Gasteiger partial charge in [0.05, 0.1) is 17.7 Å². The summed E-state index contributed by atoms with van der Waals surface area (Å²) >= 11 is 0. The maximum Gasteiger partial charge on any atom is 0.353 e. The van der Waals surface area contributed by atoms with Crippen molar-refractivity contribution >= 4 is 23.3 Å². The lowest BCUT2D eigenvalue weighted by Crippen LogP contribution is -2.14. The van der Waals surface area contributed by atoms with E-state index in [4.69, 9.17) is 15.9 Å². The Bertz CT molecular complexity index is 630. The van der Waals surface area contributed by atoms with Crippen LogP contribution in [0.2, 0.25) is 0 Å². The van der Waals surface area contributed by atoms with Crippen molar-refractivity contribution in [1.29, 1.82) is 0 Å². The van der Waals surface area contributed by atoms with E-state index in [1.165, 1.54) is 6.26 Å². The first kappa shape index (κ1) is 15.5. The molecule has 6 N–H and O–H groups in total. The van der Waals surface area contributed by atoms with Gasteiger partial charge in [0, 0.05) is 6.54 Å². The summed E-state index contributed by atoms with van der Waals surface area (Å²) in [6.07, 6.45) is 2.23. The number of furan rings is 1. The average Bonchev–Trinajstić information content (AvgIpc) is 2.97. The summed E-state index contributed by atoms with van der Waals surface area (Å²) in [6, 6.07) is 3.46. The highest BCUT2D eigenvalue weighted by atomic mass is 16.6. The molecule has 2 aromatic rings. The van der Waals surface area contributed by atoms with Gasteiger partial charge >= 0.3 is 5.69 Å². The Morgan fingerprint density at radius 1 is 1.36 bits per heavy atom. The molecule has 10 nitrogen and oxygen atoms in total. The predicted octanol–water partition coefficient (Wildman–Crippen LogP) is 0.933. The van der Waals surface area contributed by atoms with E-state index in [9.17, 15) is 10.1 Å². The van der Waals surface area contributed by atoms with Gasteiger partial charge in [-0.25, -0.2) is 0 Å². The van der Waals surface area contributed by atoms with Crippen molar-refractivity contribution in [3.63, 3.8) is 0 Å². The van der Waals surface area contributed by atoms with E-state index in [2.05, 4.69) is 20.6 Å². The summed E-state index contributed by atoms with van der Waals surface area (Å²) in [7, 11) is 0. The minimum absolute atomic E-state index is 0.0316. The lowest BCUT2D eigenvalue weighted by Gasteiger charge is -2.09. The van der Waals surface area contributed by atoms with E-state index < -0.39 is 4.92 Å². The Morgan fingerprint density at radius 2 is 2.18 bits per heavy atom. The first-order chi connectivity index (χ1) is 10.6. The van der Waals surface area contributed by atoms with Crippen LogP contribution < -0.4 is 22.1 Å². The van der Waals surface area contributed by atoms with Gasteiger partial charge < -0.3 is 26.5 Å². The average molecular weight is 307 g/mol. The SMILES string of the molecule is NCCCNc1nc(N)c([N+](=O)[O-])c(NCc2ccco2)n1. The maximum atomic E-state index is 11.1. The second kappa shape index (κ2) is 7.22. The van der Waals surface area contributed by atoms with Gasteiger partial charge in [0.25, 0.3) is 0 Å². The molecule has 0 saturated heterocycles. The Kier molecular flexibility index (Phi) is 5.09. The Balaban J connectivity index is 2.20. The van der Waals surface area contributed by atoms with E-state index in [0.29, 0.717) is 18.8 Å². The van der Waals surface area contributed by atoms with E-state index in [1.54, 1.807) is 12.1 Å². The van der Waals surface area contributed by atoms with Gasteiger partial charge in [0.1, 0.15) is 5.76 Å². The van der Waals surface area contributed by atoms with E-state index in [0.717, 1.165) is 6.42 Å². The van der Waals surface area contributed by atoms with Crippen molar-refractivity contribution in [2.24, 2.45) is 5.73 Å². The molecule has 0 aliphatic rings. The van der Waals surface area contributed by atoms with Crippen LogP contribution in [0.3, 0.4) is 0 Å². The molecule has 0 aliphatic heterocycles. The van der Waals surface area contributed by atoms with Crippen LogP contribution in [0, 0.1) is 10.1 Å². The zero-order valence-corrected chi connectivity index (χ0v) is 11.8. The first-order valence-electron chi connectivity index (χ1n) is 6.64. The van der Waals surface area contributed by atoms with Crippen molar-refractivity contribution in [2.45, 2.75) is 13.0 Å². The summed E-state index contributed by atoms with van der Waals surface area (Å²) in [5.41, 5.74) is 10.7. The van der Waals surface area contributed by atoms with Crippen molar-refractivity contribution < 1.29 is 9.34 Å². The smallest absolute Gasteiger partial charge is 0.353 e. The van der Waals surface area contributed by atoms with Gasteiger partial charge in [-0.2, -0.15) is 9.97 Å². The Morgan fingerprint density at radius 3 is 2.82 bits per heavy atom. The number of nitro groups is 1. The fourth-order valence-corrected chi connectivity index (χ4v) is 1.74. The van der Waals surface area contributed by atoms with Crippen LogP contribution in [0.1, 0.15) is 12.2 Å². The molecule has 2 rings (SSSR count). The lowest BCUT2D eigenvalue weighted by atomic mass is 10.4. The zero-order chi connectivity index (χ0) is 15.9. The summed E-state index contributed by atoms with van der Waals surface area (Å²) < 4.78 is 5.16. The van der Waals surface area contributed by atoms with E-state index in [1.807, 2.05) is 0 Å². The maximum absolute atomic E-state index is 11.1. The summed E-state index contributed by atoms with van der Waals surface area (Å²) in [5.74, 6) is 0.643. The quantitative estimate of drug-likeness (QED) is 0.316. The number of rotatable bonds is 8. The molecule has 0 atom stereocenters. The van der Waals surface area contributed by atoms with Gasteiger partial charge in [-0.05, 0) is 25.1 Å². The zero-order valence-electron chi connectivity index (χ0n) is 11.8. The molecule has 0 saturated carbocycles. The molecule has 10 heteroatoms. The molecule has 0 amide bonds. The van der Waals surface area contributed by atoms with Gasteiger partial charge in [-0.3, -0.25) is 10.1 Å². The standard InChI is InChI=1S/C12H17N7O3/c13-4-2-5-15-12-17-10(14)9(19(20)21)11(18-12)16-7-8-3-1-6-22-8/h1,3,6H,2,4-5,7,13H2,(H4,14,15,16,17,18). The summed E-state index contributed by atoms with van der Waals surface area (Å²) in [4.78, 5) is 18.5. The van der Waals surface area contributed by atoms with Crippen LogP contribution in [-0.2, 0) is 6.54 Å². The molecule has 118 valence electrons. The van der Waals surface area contributed by atoms with Gasteiger partial charge in [-0.15, -0.1) is 0 Å². The Labute approximate surface area is 126 Å². The molecule has 22 heavy (non-hydrogen) atoms. The number of nitrogens with zero attached hydrogens (tertiary/aromatic N) is 3. The van der Waals surface area contributed by atoms with E-state index in [-0.39, 0.29) is 29.8 Å². The number of anilines is 3. The topological polar surface area (TPSA) is 158 Å². The fourth-order valence-electron chi connectivity index (χ4n) is 1.74. The number of nitrogen functional groups attached to an aromatic ring is 1. The highest BCUT2D eigenvalue weighted by Gasteiger charge is 2.23. The second-order valence-electron chi connectivity index (χ2n) is 4.39. The first-order valence-corrected chi connectivity index (χ1v) is 6.64. The monoisotopic (exact) mass is 307 g/mol. The normalized spacial score (nSPS) is 10.4. The van der Waals surface area contributed by atoms with Gasteiger partial charge in [-0.1, -0.05) is 0 Å². The number of nitrogens with two attached hydrogens (primary N) is 2. The van der Waals surface area contributed by atoms with Crippen molar-refractivity contribution in [2.75, 3.05) is 29.5 Å². The number of aromatic nitrogens is 2. The van der Waals surface area contributed by atoms with Crippen molar-refractivity contribution in [3.8, 4) is 0 Å². The van der Waals surface area contributed by atoms with Crippen molar-refractivity contribution in [3.05, 3.63) is 34.3 Å². The molecule has 0 spiro atoms. The van der Waals surface area contributed by atoms with Crippen LogP contribution in [0.5, 0.6) is 0 Å². The summed E-state index contributed by atoms with van der Waals surface area (Å²) in [5, 5.41) is 16.9. The number of nitrogens with one attached hydrogen (secondary N) is 2. The van der Waals surface area contributed by atoms with E-state index >= 15 is 0 Å². The molecule has 2 aromatic heterocycles. The molecule has 0 aliphatic carbocycles. The largest absolute Gasteiger partial charge is 0.467 e. The third kappa shape index (κ3) is 3.82. The summed E-state index contributed by atoms with van der Waals surface area (Å²) in [6.45, 7) is 1.30. The van der Waals surface area contributed by atoms with Gasteiger partial charge in [0.2, 0.25) is 17.6 Å². The van der Waals surface area contributed by atoms with Crippen LogP contribution in [0.25, 0.3) is 0 Å². The third-order valence-electron chi connectivity index (χ3n) is 2.77. The molecule has 0 unspecified atom stereocenters. The predicted molar refractivity (Wildman–Crippen MR) is 81.3 cm³/mol. The number of hydrogen-bond acceptors (Lipinski definition) is 9. The molecule has 0 aromatic carbocycles. The minimum Gasteiger partial charge on any atom is -0.467 e. The highest BCUT2D eigenvalue weighted by molar-refractivity contribution is 5.69. The van der Waals surface area contributed by atoms with Gasteiger partial charge in [0.15, 0.2) is 0 Å². The second-order valence-corrected chi connectivity index (χ2v) is 4.39. The fraction of sp³-hybridized carbons (Fsp3) is 0.333. The molecular formula is C12H17N7O3. The molecule has 0 radical (unpaired) electrons. The third-order valence-corrected chi connectivity index (χ3v) is 2.77. The Hall–Kier alpha value is -2.88. The molecular weight excluding hydrogens is 290 g/mol. The number of hydrogen-bond donors (Lipinski definition) is 4.